The fourth-order valence-corrected chi connectivity index (χ4v) is 5.87. The molecule has 1 amide bonds. The minimum Gasteiger partial charge on any atom is -0.369 e. The molecule has 4 aromatic rings. The molecule has 0 radical (unpaired) electrons. The van der Waals surface area contributed by atoms with Gasteiger partial charge in [0.1, 0.15) is 11.3 Å². The van der Waals surface area contributed by atoms with E-state index in [4.69, 9.17) is 4.98 Å². The predicted octanol–water partition coefficient (Wildman–Crippen LogP) is 3.08. The van der Waals surface area contributed by atoms with Gasteiger partial charge in [0.05, 0.1) is 11.9 Å². The summed E-state index contributed by atoms with van der Waals surface area (Å²) in [5.74, 6) is 0.631. The van der Waals surface area contributed by atoms with Crippen LogP contribution in [0.5, 0.6) is 0 Å². The van der Waals surface area contributed by atoms with Crippen LogP contribution in [0.15, 0.2) is 35.3 Å². The summed E-state index contributed by atoms with van der Waals surface area (Å²) in [7, 11) is 0. The Balaban J connectivity index is 1.42. The number of carbonyl (C=O) groups excluding carboxylic acids is 1. The summed E-state index contributed by atoms with van der Waals surface area (Å²) in [5, 5.41) is 8.28. The third kappa shape index (κ3) is 4.10. The van der Waals surface area contributed by atoms with Gasteiger partial charge in [-0.25, -0.2) is 9.88 Å². The number of hydrogen-bond acceptors (Lipinski definition) is 8. The van der Waals surface area contributed by atoms with Crippen molar-refractivity contribution < 1.29 is 4.79 Å². The van der Waals surface area contributed by atoms with Gasteiger partial charge < -0.3 is 9.80 Å². The number of likely N-dealkylation sites (N-methyl/N-ethyl adjacent to an activating group) is 1. The van der Waals surface area contributed by atoms with Crippen molar-refractivity contribution in [3.05, 3.63) is 46.6 Å². The third-order valence-corrected chi connectivity index (χ3v) is 7.94. The highest BCUT2D eigenvalue weighted by atomic mass is 16.2. The smallest absolute Gasteiger partial charge is 0.298 e. The normalized spacial score (nSPS) is 17.1. The Morgan fingerprint density at radius 1 is 1.03 bits per heavy atom. The van der Waals surface area contributed by atoms with Crippen molar-refractivity contribution in [2.45, 2.75) is 52.5 Å². The van der Waals surface area contributed by atoms with Crippen LogP contribution >= 0.6 is 0 Å². The number of nitrogens with zero attached hydrogens (tertiary/aromatic N) is 9. The first kappa shape index (κ1) is 24.5. The number of amides is 1. The van der Waals surface area contributed by atoms with Gasteiger partial charge in [-0.15, -0.1) is 10.2 Å². The van der Waals surface area contributed by atoms with Crippen LogP contribution in [0.2, 0.25) is 0 Å². The topological polar surface area (TPSA) is 105 Å². The molecule has 11 nitrogen and oxygen atoms in total. The molecule has 38 heavy (non-hydrogen) atoms. The SMILES string of the molecule is CCN1CCN(c2ccc(N(C(C)=O)c3ncc4c(n3)n(C3CCCC3)c(=O)c3nnc(C)n34)cc2)CC1. The largest absolute Gasteiger partial charge is 0.369 e. The van der Waals surface area contributed by atoms with E-state index in [9.17, 15) is 9.59 Å². The summed E-state index contributed by atoms with van der Waals surface area (Å²) >= 11 is 0. The molecular formula is C27H33N9O2. The molecule has 11 heteroatoms. The van der Waals surface area contributed by atoms with E-state index in [1.165, 1.54) is 11.8 Å². The number of carbonyl (C=O) groups is 1. The zero-order chi connectivity index (χ0) is 26.4. The van der Waals surface area contributed by atoms with E-state index in [0.29, 0.717) is 22.7 Å². The lowest BCUT2D eigenvalue weighted by Crippen LogP contribution is -2.46. The Morgan fingerprint density at radius 3 is 2.39 bits per heavy atom. The quantitative estimate of drug-likeness (QED) is 0.399. The molecule has 0 unspecified atom stereocenters. The lowest BCUT2D eigenvalue weighted by Gasteiger charge is -2.35. The Kier molecular flexibility index (Phi) is 6.30. The average Bonchev–Trinajstić information content (AvgIpc) is 3.60. The molecule has 4 heterocycles. The minimum atomic E-state index is -0.212. The molecule has 0 spiro atoms. The van der Waals surface area contributed by atoms with Gasteiger partial charge in [0.25, 0.3) is 5.56 Å². The maximum absolute atomic E-state index is 13.5. The Bertz CT molecular complexity index is 1550. The maximum atomic E-state index is 13.5. The molecule has 1 aromatic carbocycles. The summed E-state index contributed by atoms with van der Waals surface area (Å²) in [6.07, 6.45) is 5.60. The van der Waals surface area contributed by atoms with E-state index in [1.54, 1.807) is 22.1 Å². The molecule has 1 saturated heterocycles. The first-order chi connectivity index (χ1) is 18.5. The predicted molar refractivity (Wildman–Crippen MR) is 146 cm³/mol. The molecule has 1 aliphatic heterocycles. The van der Waals surface area contributed by atoms with Crippen molar-refractivity contribution in [1.82, 2.24) is 34.0 Å². The van der Waals surface area contributed by atoms with Crippen molar-refractivity contribution in [2.24, 2.45) is 0 Å². The number of anilines is 3. The van der Waals surface area contributed by atoms with Gasteiger partial charge in [-0.1, -0.05) is 19.8 Å². The molecular weight excluding hydrogens is 482 g/mol. The molecule has 0 N–H and O–H groups in total. The van der Waals surface area contributed by atoms with E-state index < -0.39 is 0 Å². The Hall–Kier alpha value is -3.86. The maximum Gasteiger partial charge on any atom is 0.298 e. The van der Waals surface area contributed by atoms with Crippen LogP contribution in [0, 0.1) is 6.92 Å². The van der Waals surface area contributed by atoms with Crippen LogP contribution in [0.1, 0.15) is 51.4 Å². The van der Waals surface area contributed by atoms with Crippen LogP contribution in [0.4, 0.5) is 17.3 Å². The first-order valence-corrected chi connectivity index (χ1v) is 13.5. The van der Waals surface area contributed by atoms with Gasteiger partial charge in [-0.2, -0.15) is 4.98 Å². The van der Waals surface area contributed by atoms with Crippen molar-refractivity contribution in [2.75, 3.05) is 42.5 Å². The van der Waals surface area contributed by atoms with E-state index in [-0.39, 0.29) is 29.1 Å². The molecule has 0 atom stereocenters. The molecule has 198 valence electrons. The van der Waals surface area contributed by atoms with Crippen LogP contribution in [0.3, 0.4) is 0 Å². The van der Waals surface area contributed by atoms with Crippen molar-refractivity contribution in [1.29, 1.82) is 0 Å². The van der Waals surface area contributed by atoms with E-state index >= 15 is 0 Å². The monoisotopic (exact) mass is 515 g/mol. The molecule has 6 rings (SSSR count). The molecule has 0 bridgehead atoms. The molecule has 1 aliphatic carbocycles. The minimum absolute atomic E-state index is 0.0352. The summed E-state index contributed by atoms with van der Waals surface area (Å²) in [5.41, 5.74) is 3.03. The fourth-order valence-electron chi connectivity index (χ4n) is 5.87. The number of benzene rings is 1. The zero-order valence-electron chi connectivity index (χ0n) is 22.2. The van der Waals surface area contributed by atoms with E-state index in [1.807, 2.05) is 24.3 Å². The summed E-state index contributed by atoms with van der Waals surface area (Å²) < 4.78 is 3.45. The van der Waals surface area contributed by atoms with E-state index in [2.05, 4.69) is 31.9 Å². The fraction of sp³-hybridized carbons (Fsp3) is 0.481. The van der Waals surface area contributed by atoms with Crippen LogP contribution in [0.25, 0.3) is 16.8 Å². The van der Waals surface area contributed by atoms with Crippen LogP contribution in [-0.2, 0) is 4.79 Å². The lowest BCUT2D eigenvalue weighted by molar-refractivity contribution is -0.115. The molecule has 1 saturated carbocycles. The summed E-state index contributed by atoms with van der Waals surface area (Å²) in [6.45, 7) is 10.6. The van der Waals surface area contributed by atoms with Gasteiger partial charge in [0.2, 0.25) is 17.5 Å². The second-order valence-electron chi connectivity index (χ2n) is 10.2. The lowest BCUT2D eigenvalue weighted by atomic mass is 10.2. The number of piperazine rings is 1. The van der Waals surface area contributed by atoms with Gasteiger partial charge in [0, 0.05) is 44.8 Å². The second kappa shape index (κ2) is 9.79. The highest BCUT2D eigenvalue weighted by molar-refractivity contribution is 5.98. The van der Waals surface area contributed by atoms with Gasteiger partial charge in [-0.05, 0) is 50.6 Å². The van der Waals surface area contributed by atoms with Gasteiger partial charge in [0.15, 0.2) is 5.65 Å². The molecule has 3 aromatic heterocycles. The summed E-state index contributed by atoms with van der Waals surface area (Å²) in [4.78, 5) is 42.2. The third-order valence-electron chi connectivity index (χ3n) is 7.94. The average molecular weight is 516 g/mol. The zero-order valence-corrected chi connectivity index (χ0v) is 22.2. The van der Waals surface area contributed by atoms with Crippen molar-refractivity contribution in [3.8, 4) is 0 Å². The van der Waals surface area contributed by atoms with Crippen molar-refractivity contribution in [3.63, 3.8) is 0 Å². The Morgan fingerprint density at radius 2 is 1.74 bits per heavy atom. The Labute approximate surface area is 220 Å². The number of rotatable bonds is 5. The van der Waals surface area contributed by atoms with Crippen LogP contribution < -0.4 is 15.4 Å². The standard InChI is InChI=1S/C27H33N9O2/c1-4-32-13-15-33(16-14-32)20-9-11-22(12-10-20)35(19(3)37)27-28-17-23-24(29-27)36(21-7-5-6-8-21)26(38)25-31-30-18(2)34(23)25/h9-12,17,21H,4-8,13-16H2,1-3H3. The van der Waals surface area contributed by atoms with Crippen molar-refractivity contribution >= 4 is 40.0 Å². The highest BCUT2D eigenvalue weighted by Crippen LogP contribution is 2.32. The van der Waals surface area contributed by atoms with Gasteiger partial charge >= 0.3 is 0 Å². The second-order valence-corrected chi connectivity index (χ2v) is 10.2. The molecule has 2 aliphatic rings. The number of hydrogen-bond donors (Lipinski definition) is 0. The number of fused-ring (bicyclic) bond motifs is 3. The van der Waals surface area contributed by atoms with E-state index in [0.717, 1.165) is 64.1 Å². The first-order valence-electron chi connectivity index (χ1n) is 13.5. The van der Waals surface area contributed by atoms with Crippen LogP contribution in [-0.4, -0.2) is 72.7 Å². The highest BCUT2D eigenvalue weighted by Gasteiger charge is 2.26. The van der Waals surface area contributed by atoms with Gasteiger partial charge in [-0.3, -0.25) is 18.6 Å². The number of aromatic nitrogens is 6. The molecule has 2 fully saturated rings. The number of aryl methyl sites for hydroxylation is 1. The summed E-state index contributed by atoms with van der Waals surface area (Å²) in [6, 6.07) is 8.01.